The summed E-state index contributed by atoms with van der Waals surface area (Å²) >= 11 is 0. The molecule has 1 aromatic rings. The van der Waals surface area contributed by atoms with Crippen LogP contribution in [0.15, 0.2) is 85.8 Å². The summed E-state index contributed by atoms with van der Waals surface area (Å²) in [5, 5.41) is 16.3. The lowest BCUT2D eigenvalue weighted by molar-refractivity contribution is -0.136. The third-order valence-electron chi connectivity index (χ3n) is 24.7. The van der Waals surface area contributed by atoms with Crippen LogP contribution in [0.3, 0.4) is 0 Å². The van der Waals surface area contributed by atoms with Crippen molar-refractivity contribution in [3.63, 3.8) is 0 Å². The van der Waals surface area contributed by atoms with Crippen molar-refractivity contribution in [2.75, 3.05) is 190 Å². The zero-order valence-corrected chi connectivity index (χ0v) is 92.6. The van der Waals surface area contributed by atoms with Gasteiger partial charge in [-0.05, 0) is 412 Å². The smallest absolute Gasteiger partial charge is 0.237 e. The van der Waals surface area contributed by atoms with Gasteiger partial charge < -0.3 is 44.9 Å². The van der Waals surface area contributed by atoms with Crippen LogP contribution in [-0.4, -0.2) is 337 Å². The number of carbonyl (C=O) groups excluding carboxylic acids is 1. The van der Waals surface area contributed by atoms with Gasteiger partial charge in [-0.15, -0.1) is 0 Å². The average molecular weight is 1800 g/mol. The summed E-state index contributed by atoms with van der Waals surface area (Å²) in [5.74, 6) is 0.212. The number of hydrogen-bond acceptors (Lipinski definition) is 19. The molecule has 21 heteroatoms. The third kappa shape index (κ3) is 56.6. The minimum Gasteiger partial charge on any atom is -0.379 e. The monoisotopic (exact) mass is 1800 g/mol. The lowest BCUT2D eigenvalue weighted by atomic mass is 10.0. The van der Waals surface area contributed by atoms with Gasteiger partial charge in [0.25, 0.3) is 0 Å². The molecule has 13 aliphatic rings. The summed E-state index contributed by atoms with van der Waals surface area (Å²) in [6.45, 7) is 126. The molecule has 0 aromatic carbocycles. The van der Waals surface area contributed by atoms with Gasteiger partial charge in [-0.25, -0.2) is 0 Å². The van der Waals surface area contributed by atoms with E-state index in [9.17, 15) is 4.79 Å². The standard InChI is InChI=1S/C9H19N.C9H15N.C8H16N2O.2C8H18N2.C8H17NO.C8H17N.C8H15N.C8H13N.C7H17N3.C7H15N.C7H13N.C6H13N.C6H11N/c2*1-9(2,3)10-7-5-4-6-8-10;1-8(2,3)10-5-4-9-6-7(10)11;1-8(2,3)10-6-4-9-5-7-10;1-8(2,3)10-6-4-5-9-7-10;1-8(2,3)9-4-6-10-7-5-9;3*1-8(2,3)9-6-4-5-7-9;1-7(2,3)10-5-8-4-9-6-10;2*1-7(2,3)8-5-4-6-8;2*1-6(2,3)7-4-5-7/h4-8H2,1-3H3;4-7H,8H2,1-3H3;9H,4-6H2,1-3H3;2*9H,4-7H2,1-3H3;4-7H2,1-3H3;4-7H2,1-3H3;4-5H,6-7H2,1-3H3;4-7H,1-3H3;8-9H,4-6H2,1-3H3;4-6H2,1-3H3;4-5H,6H2,1-3H3;4-5H2,1-3H3;4-5H,1-3H3. The van der Waals surface area contributed by atoms with Crippen molar-refractivity contribution in [1.29, 1.82) is 0 Å². The number of likely N-dealkylation sites (tertiary alicyclic amines) is 3. The number of aromatic nitrogens is 1. The summed E-state index contributed by atoms with van der Waals surface area (Å²) in [6.07, 6.45) is 35.3. The molecule has 128 heavy (non-hydrogen) atoms. The lowest BCUT2D eigenvalue weighted by Crippen LogP contribution is -2.57. The normalized spacial score (nSPS) is 21.0. The van der Waals surface area contributed by atoms with Crippen molar-refractivity contribution in [2.24, 2.45) is 0 Å². The van der Waals surface area contributed by atoms with Crippen molar-refractivity contribution < 1.29 is 9.53 Å². The zero-order valence-electron chi connectivity index (χ0n) is 92.6. The lowest BCUT2D eigenvalue weighted by Gasteiger charge is -2.42. The second kappa shape index (κ2) is 56.1. The van der Waals surface area contributed by atoms with Crippen molar-refractivity contribution in [1.82, 2.24) is 94.8 Å². The summed E-state index contributed by atoms with van der Waals surface area (Å²) in [4.78, 5) is 42.3. The van der Waals surface area contributed by atoms with E-state index >= 15 is 0 Å². The average Bonchev–Trinajstić information content (AvgIpc) is 1.51. The Bertz CT molecular complexity index is 2940. The van der Waals surface area contributed by atoms with Gasteiger partial charge in [-0.2, -0.15) is 0 Å². The largest absolute Gasteiger partial charge is 0.379 e. The molecular formula is C107H217N19O2. The first-order chi connectivity index (χ1) is 58.4. The van der Waals surface area contributed by atoms with E-state index in [2.05, 4.69) is 454 Å². The van der Waals surface area contributed by atoms with Gasteiger partial charge in [0.1, 0.15) is 0 Å². The van der Waals surface area contributed by atoms with Gasteiger partial charge in [0, 0.05) is 214 Å². The van der Waals surface area contributed by atoms with Gasteiger partial charge in [0.2, 0.25) is 5.91 Å². The number of morpholine rings is 1. The molecule has 9 fully saturated rings. The maximum absolute atomic E-state index is 11.3. The fourth-order valence-corrected chi connectivity index (χ4v) is 14.8. The topological polar surface area (TPSA) is 133 Å². The van der Waals surface area contributed by atoms with Crippen LogP contribution in [0.2, 0.25) is 0 Å². The number of allylic oxidation sites excluding steroid dienone is 2. The number of ether oxygens (including phenoxy) is 1. The molecule has 0 bridgehead atoms. The van der Waals surface area contributed by atoms with Crippen LogP contribution >= 0.6 is 0 Å². The summed E-state index contributed by atoms with van der Waals surface area (Å²) in [6, 6.07) is 4.09. The van der Waals surface area contributed by atoms with Crippen LogP contribution in [0, 0.1) is 0 Å². The Morgan fingerprint density at radius 1 is 0.258 bits per heavy atom. The van der Waals surface area contributed by atoms with E-state index in [1.807, 2.05) is 17.0 Å². The molecule has 0 atom stereocenters. The van der Waals surface area contributed by atoms with Gasteiger partial charge in [-0.3, -0.25) is 59.5 Å². The van der Waals surface area contributed by atoms with E-state index in [1.165, 1.54) is 123 Å². The first-order valence-corrected chi connectivity index (χ1v) is 50.3. The van der Waals surface area contributed by atoms with Crippen LogP contribution in [0.5, 0.6) is 0 Å². The zero-order chi connectivity index (χ0) is 98.3. The maximum atomic E-state index is 11.3. The summed E-state index contributed by atoms with van der Waals surface area (Å²) < 4.78 is 7.44. The second-order valence-corrected chi connectivity index (χ2v) is 50.5. The second-order valence-electron chi connectivity index (χ2n) is 50.5. The highest BCUT2D eigenvalue weighted by Crippen LogP contribution is 2.27. The SMILES string of the molecule is CC(C)(C)N1C=C1.CC(C)(C)N1C=CC1.CC(C)(C)N1C=CC=CC1.CC(C)(C)N1CC1.CC(C)(C)N1CC=CC1.CC(C)(C)N1CCC1.CC(C)(C)N1CCCC1.CC(C)(C)N1CCCCC1.CC(C)(C)N1CCCNC1.CC(C)(C)N1CCNCC1.CC(C)(C)N1CCNCC1=O.CC(C)(C)N1CCOCC1.CC(C)(C)N1CNCNC1.CC(C)(C)n1cccc1. The van der Waals surface area contributed by atoms with Crippen LogP contribution < -0.4 is 26.6 Å². The molecule has 0 unspecified atom stereocenters. The van der Waals surface area contributed by atoms with Gasteiger partial charge in [0.05, 0.1) is 33.1 Å². The molecule has 5 N–H and O–H groups in total. The van der Waals surface area contributed by atoms with E-state index in [0.29, 0.717) is 61.9 Å². The quantitative estimate of drug-likeness (QED) is 0.125. The Morgan fingerprint density at radius 3 is 0.820 bits per heavy atom. The molecule has 9 saturated heterocycles. The van der Waals surface area contributed by atoms with E-state index in [0.717, 1.165) is 105 Å². The molecule has 14 rings (SSSR count). The first kappa shape index (κ1) is 122. The first-order valence-electron chi connectivity index (χ1n) is 50.3. The Balaban J connectivity index is 0.000000690. The fraction of sp³-hybridized carbons (Fsp3) is 0.860. The van der Waals surface area contributed by atoms with Crippen LogP contribution in [0.1, 0.15) is 336 Å². The maximum Gasteiger partial charge on any atom is 0.237 e. The van der Waals surface area contributed by atoms with Crippen LogP contribution in [-0.2, 0) is 15.1 Å². The van der Waals surface area contributed by atoms with Crippen molar-refractivity contribution >= 4 is 5.91 Å². The molecule has 21 nitrogen and oxygen atoms in total. The molecule has 752 valence electrons. The Kier molecular flexibility index (Phi) is 53.6. The van der Waals surface area contributed by atoms with Crippen molar-refractivity contribution in [3.8, 4) is 0 Å². The number of rotatable bonds is 0. The minimum absolute atomic E-state index is 0.0147. The highest BCUT2D eigenvalue weighted by atomic mass is 16.5. The van der Waals surface area contributed by atoms with E-state index < -0.39 is 0 Å². The van der Waals surface area contributed by atoms with E-state index in [1.54, 1.807) is 0 Å². The molecule has 0 saturated carbocycles. The number of piperazine rings is 2. The molecule has 1 aromatic heterocycles. The van der Waals surface area contributed by atoms with Crippen LogP contribution in [0.4, 0.5) is 0 Å². The number of nitrogens with zero attached hydrogens (tertiary/aromatic N) is 14. The molecule has 13 aliphatic heterocycles. The molecule has 0 aliphatic carbocycles. The Labute approximate surface area is 795 Å². The predicted molar refractivity (Wildman–Crippen MR) is 561 cm³/mol. The Hall–Kier alpha value is -3.75. The minimum atomic E-state index is -0.0147. The molecular weight excluding hydrogens is 1580 g/mol. The van der Waals surface area contributed by atoms with Gasteiger partial charge in [-0.1, -0.05) is 30.7 Å². The highest BCUT2D eigenvalue weighted by Gasteiger charge is 2.33. The molecule has 1 amide bonds. The molecule has 0 spiro atoms. The van der Waals surface area contributed by atoms with Crippen molar-refractivity contribution in [2.45, 2.75) is 413 Å². The summed E-state index contributed by atoms with van der Waals surface area (Å²) in [7, 11) is 0. The number of amides is 1. The van der Waals surface area contributed by atoms with E-state index in [-0.39, 0.29) is 28.1 Å². The van der Waals surface area contributed by atoms with Gasteiger partial charge in [0.15, 0.2) is 0 Å². The number of carbonyl (C=O) groups is 1. The third-order valence-corrected chi connectivity index (χ3v) is 24.7. The van der Waals surface area contributed by atoms with Crippen LogP contribution in [0.25, 0.3) is 0 Å². The summed E-state index contributed by atoms with van der Waals surface area (Å²) in [5.41, 5.74) is 4.51. The van der Waals surface area contributed by atoms with E-state index in [4.69, 9.17) is 4.74 Å². The Morgan fingerprint density at radius 2 is 0.609 bits per heavy atom. The van der Waals surface area contributed by atoms with Gasteiger partial charge >= 0.3 is 0 Å². The van der Waals surface area contributed by atoms with Crippen molar-refractivity contribution in [3.05, 3.63) is 85.8 Å². The number of nitrogens with one attached hydrogen (secondary N) is 5. The fourth-order valence-electron chi connectivity index (χ4n) is 14.8. The number of hydrogen-bond donors (Lipinski definition) is 5. The molecule has 0 radical (unpaired) electrons. The molecule has 14 heterocycles. The predicted octanol–water partition coefficient (Wildman–Crippen LogP) is 19.2. The number of piperidine rings is 1. The highest BCUT2D eigenvalue weighted by molar-refractivity contribution is 5.79.